The van der Waals surface area contributed by atoms with Gasteiger partial charge in [-0.2, -0.15) is 18.4 Å². The van der Waals surface area contributed by atoms with Crippen molar-refractivity contribution in [3.8, 4) is 6.07 Å². The fraction of sp³-hybridized carbons (Fsp3) is 0.273. The Morgan fingerprint density at radius 1 is 1.50 bits per heavy atom. The molecule has 3 nitrogen and oxygen atoms in total. The van der Waals surface area contributed by atoms with Crippen LogP contribution < -0.4 is 0 Å². The third-order valence-electron chi connectivity index (χ3n) is 2.03. The summed E-state index contributed by atoms with van der Waals surface area (Å²) in [5, 5.41) is 8.73. The lowest BCUT2D eigenvalue weighted by Crippen LogP contribution is -2.15. The predicted octanol–water partition coefficient (Wildman–Crippen LogP) is 3.52. The molecule has 0 heterocycles. The summed E-state index contributed by atoms with van der Waals surface area (Å²) >= 11 is 2.85. The molecule has 1 rings (SSSR count). The average molecular weight is 322 g/mol. The van der Waals surface area contributed by atoms with Crippen molar-refractivity contribution in [3.05, 3.63) is 33.3 Å². The second kappa shape index (κ2) is 5.40. The monoisotopic (exact) mass is 321 g/mol. The van der Waals surface area contributed by atoms with E-state index < -0.39 is 23.3 Å². The van der Waals surface area contributed by atoms with E-state index in [9.17, 15) is 18.0 Å². The summed E-state index contributed by atoms with van der Waals surface area (Å²) in [5.41, 5.74) is -1.86. The summed E-state index contributed by atoms with van der Waals surface area (Å²) in [5.74, 6) is -1.10. The molecule has 96 valence electrons. The van der Waals surface area contributed by atoms with Crippen LogP contribution in [-0.2, 0) is 10.9 Å². The molecule has 0 aliphatic rings. The molecule has 0 amide bonds. The van der Waals surface area contributed by atoms with Crippen LogP contribution in [-0.4, -0.2) is 12.6 Å². The van der Waals surface area contributed by atoms with Crippen LogP contribution >= 0.6 is 15.9 Å². The number of nitrogens with zero attached hydrogens (tertiary/aromatic N) is 1. The van der Waals surface area contributed by atoms with Gasteiger partial charge < -0.3 is 4.74 Å². The highest BCUT2D eigenvalue weighted by atomic mass is 79.9. The van der Waals surface area contributed by atoms with Crippen LogP contribution in [0.25, 0.3) is 0 Å². The number of nitriles is 1. The molecule has 18 heavy (non-hydrogen) atoms. The smallest absolute Gasteiger partial charge is 0.417 e. The third kappa shape index (κ3) is 3.01. The van der Waals surface area contributed by atoms with Crippen molar-refractivity contribution in [3.63, 3.8) is 0 Å². The highest BCUT2D eigenvalue weighted by Gasteiger charge is 2.36. The van der Waals surface area contributed by atoms with Crippen molar-refractivity contribution in [2.45, 2.75) is 13.1 Å². The topological polar surface area (TPSA) is 50.1 Å². The Balaban J connectivity index is 3.46. The van der Waals surface area contributed by atoms with Crippen LogP contribution in [0.4, 0.5) is 13.2 Å². The van der Waals surface area contributed by atoms with Crippen molar-refractivity contribution in [2.75, 3.05) is 6.61 Å². The van der Waals surface area contributed by atoms with Gasteiger partial charge in [-0.05, 0) is 35.0 Å². The zero-order chi connectivity index (χ0) is 13.9. The first-order chi connectivity index (χ1) is 8.31. The minimum Gasteiger partial charge on any atom is -0.462 e. The minimum absolute atomic E-state index is 0.0228. The highest BCUT2D eigenvalue weighted by Crippen LogP contribution is 2.35. The Hall–Kier alpha value is -1.55. The van der Waals surface area contributed by atoms with Gasteiger partial charge >= 0.3 is 12.1 Å². The lowest BCUT2D eigenvalue weighted by molar-refractivity contribution is -0.138. The van der Waals surface area contributed by atoms with Crippen LogP contribution in [0.3, 0.4) is 0 Å². The first kappa shape index (κ1) is 14.5. The summed E-state index contributed by atoms with van der Waals surface area (Å²) in [6.45, 7) is 1.43. The molecule has 0 unspecified atom stereocenters. The average Bonchev–Trinajstić information content (AvgIpc) is 2.27. The van der Waals surface area contributed by atoms with Crippen LogP contribution in [0.2, 0.25) is 0 Å². The van der Waals surface area contributed by atoms with Crippen LogP contribution in [0.1, 0.15) is 28.4 Å². The molecule has 0 fully saturated rings. The molecule has 1 aromatic rings. The SMILES string of the molecule is CCOC(=O)c1cc(C#N)c(Br)cc1C(F)(F)F. The van der Waals surface area contributed by atoms with Gasteiger partial charge in [0.25, 0.3) is 0 Å². The van der Waals surface area contributed by atoms with Gasteiger partial charge in [-0.15, -0.1) is 0 Å². The van der Waals surface area contributed by atoms with E-state index in [0.29, 0.717) is 6.07 Å². The van der Waals surface area contributed by atoms with Crippen LogP contribution in [0.15, 0.2) is 16.6 Å². The molecule has 0 saturated heterocycles. The van der Waals surface area contributed by atoms with E-state index in [4.69, 9.17) is 5.26 Å². The van der Waals surface area contributed by atoms with Crippen molar-refractivity contribution >= 4 is 21.9 Å². The summed E-state index contributed by atoms with van der Waals surface area (Å²) in [6.07, 6.45) is -4.70. The Bertz CT molecular complexity index is 520. The maximum atomic E-state index is 12.8. The second-order valence-electron chi connectivity index (χ2n) is 3.21. The van der Waals surface area contributed by atoms with Gasteiger partial charge in [-0.25, -0.2) is 4.79 Å². The highest BCUT2D eigenvalue weighted by molar-refractivity contribution is 9.10. The maximum absolute atomic E-state index is 12.8. The van der Waals surface area contributed by atoms with E-state index in [-0.39, 0.29) is 16.6 Å². The number of carbonyl (C=O) groups is 1. The molecule has 0 saturated carbocycles. The van der Waals surface area contributed by atoms with Gasteiger partial charge in [0, 0.05) is 4.47 Å². The van der Waals surface area contributed by atoms with E-state index in [0.717, 1.165) is 6.07 Å². The van der Waals surface area contributed by atoms with Gasteiger partial charge in [-0.3, -0.25) is 0 Å². The van der Waals surface area contributed by atoms with Gasteiger partial charge in [0.2, 0.25) is 0 Å². The molecule has 0 aromatic heterocycles. The van der Waals surface area contributed by atoms with E-state index in [1.54, 1.807) is 6.07 Å². The number of rotatable bonds is 2. The van der Waals surface area contributed by atoms with Gasteiger partial charge in [0.15, 0.2) is 0 Å². The normalized spacial score (nSPS) is 10.9. The molecule has 0 radical (unpaired) electrons. The van der Waals surface area contributed by atoms with Crippen LogP contribution in [0, 0.1) is 11.3 Å². The number of halogens is 4. The number of ether oxygens (including phenoxy) is 1. The number of alkyl halides is 3. The van der Waals surface area contributed by atoms with E-state index in [2.05, 4.69) is 20.7 Å². The third-order valence-corrected chi connectivity index (χ3v) is 2.68. The van der Waals surface area contributed by atoms with Crippen molar-refractivity contribution < 1.29 is 22.7 Å². The lowest BCUT2D eigenvalue weighted by Gasteiger charge is -2.13. The Morgan fingerprint density at radius 2 is 2.11 bits per heavy atom. The predicted molar refractivity (Wildman–Crippen MR) is 59.8 cm³/mol. The maximum Gasteiger partial charge on any atom is 0.417 e. The molecule has 7 heteroatoms. The van der Waals surface area contributed by atoms with Crippen molar-refractivity contribution in [2.24, 2.45) is 0 Å². The number of esters is 1. The second-order valence-corrected chi connectivity index (χ2v) is 4.06. The number of benzene rings is 1. The molecule has 0 N–H and O–H groups in total. The standard InChI is InChI=1S/C11H7BrF3NO2/c1-2-18-10(17)7-3-6(5-16)9(12)4-8(7)11(13,14)15/h3-4H,2H2,1H3. The first-order valence-electron chi connectivity index (χ1n) is 4.79. The quantitative estimate of drug-likeness (QED) is 0.783. The molecule has 0 aliphatic heterocycles. The van der Waals surface area contributed by atoms with Gasteiger partial charge in [0.1, 0.15) is 6.07 Å². The fourth-order valence-electron chi connectivity index (χ4n) is 1.27. The molecular formula is C11H7BrF3NO2. The minimum atomic E-state index is -4.70. The van der Waals surface area contributed by atoms with Crippen molar-refractivity contribution in [1.29, 1.82) is 5.26 Å². The number of carbonyl (C=O) groups excluding carboxylic acids is 1. The zero-order valence-electron chi connectivity index (χ0n) is 9.14. The molecule has 0 aliphatic carbocycles. The molecular weight excluding hydrogens is 315 g/mol. The van der Waals surface area contributed by atoms with E-state index >= 15 is 0 Å². The number of hydrogen-bond acceptors (Lipinski definition) is 3. The molecule has 1 aromatic carbocycles. The van der Waals surface area contributed by atoms with E-state index in [1.165, 1.54) is 6.92 Å². The summed E-state index contributed by atoms with van der Waals surface area (Å²) in [4.78, 5) is 11.4. The van der Waals surface area contributed by atoms with E-state index in [1.807, 2.05) is 0 Å². The first-order valence-corrected chi connectivity index (χ1v) is 5.58. The Labute approximate surface area is 109 Å². The number of hydrogen-bond donors (Lipinski definition) is 0. The molecule has 0 bridgehead atoms. The lowest BCUT2D eigenvalue weighted by atomic mass is 10.0. The summed E-state index contributed by atoms with van der Waals surface area (Å²) in [7, 11) is 0. The van der Waals surface area contributed by atoms with Gasteiger partial charge in [-0.1, -0.05) is 0 Å². The fourth-order valence-corrected chi connectivity index (χ4v) is 1.70. The molecule has 0 spiro atoms. The van der Waals surface area contributed by atoms with Gasteiger partial charge in [0.05, 0.1) is 23.3 Å². The summed E-state index contributed by atoms with van der Waals surface area (Å²) < 4.78 is 42.8. The zero-order valence-corrected chi connectivity index (χ0v) is 10.7. The summed E-state index contributed by atoms with van der Waals surface area (Å²) in [6, 6.07) is 3.25. The molecule has 0 atom stereocenters. The van der Waals surface area contributed by atoms with Crippen molar-refractivity contribution in [1.82, 2.24) is 0 Å². The Morgan fingerprint density at radius 3 is 2.56 bits per heavy atom. The Kier molecular flexibility index (Phi) is 4.35. The largest absolute Gasteiger partial charge is 0.462 e. The van der Waals surface area contributed by atoms with Crippen LogP contribution in [0.5, 0.6) is 0 Å².